The minimum absolute atomic E-state index is 0. The van der Waals surface area contributed by atoms with E-state index in [-0.39, 0.29) is 42.1 Å². The third-order valence-corrected chi connectivity index (χ3v) is 5.62. The minimum Gasteiger partial charge on any atom is -0.376 e. The molecule has 0 bridgehead atoms. The highest BCUT2D eigenvalue weighted by atomic mass is 127. The zero-order valence-electron chi connectivity index (χ0n) is 19.3. The number of anilines is 1. The highest BCUT2D eigenvalue weighted by Gasteiger charge is 2.23. The summed E-state index contributed by atoms with van der Waals surface area (Å²) in [6.07, 6.45) is 6.38. The largest absolute Gasteiger partial charge is 0.376 e. The van der Waals surface area contributed by atoms with E-state index in [2.05, 4.69) is 32.4 Å². The van der Waals surface area contributed by atoms with Gasteiger partial charge in [-0.2, -0.15) is 0 Å². The van der Waals surface area contributed by atoms with Crippen molar-refractivity contribution in [3.05, 3.63) is 23.9 Å². The van der Waals surface area contributed by atoms with Crippen molar-refractivity contribution < 1.29 is 14.3 Å². The number of likely N-dealkylation sites (tertiary alicyclic amines) is 1. The summed E-state index contributed by atoms with van der Waals surface area (Å²) < 4.78 is 11.9. The molecule has 32 heavy (non-hydrogen) atoms. The lowest BCUT2D eigenvalue weighted by Crippen LogP contribution is -2.47. The van der Waals surface area contributed by atoms with Gasteiger partial charge in [0.15, 0.2) is 5.96 Å². The highest BCUT2D eigenvalue weighted by molar-refractivity contribution is 14.0. The number of nitrogens with zero attached hydrogens (tertiary/aromatic N) is 3. The molecule has 9 heteroatoms. The number of aromatic nitrogens is 1. The molecule has 3 rings (SSSR count). The second kappa shape index (κ2) is 14.6. The number of carbonyl (C=O) groups is 1. The van der Waals surface area contributed by atoms with Crippen LogP contribution >= 0.6 is 24.0 Å². The Morgan fingerprint density at radius 3 is 2.78 bits per heavy atom. The first-order valence-electron chi connectivity index (χ1n) is 11.6. The van der Waals surface area contributed by atoms with Gasteiger partial charge in [0.2, 0.25) is 5.91 Å². The molecule has 0 aromatic carbocycles. The van der Waals surface area contributed by atoms with Crippen LogP contribution < -0.4 is 10.6 Å². The lowest BCUT2D eigenvalue weighted by Gasteiger charge is -2.35. The molecule has 2 N–H and O–H groups in total. The third kappa shape index (κ3) is 9.19. The van der Waals surface area contributed by atoms with Crippen LogP contribution in [-0.4, -0.2) is 73.4 Å². The molecule has 1 unspecified atom stereocenters. The molecular formula is C23H38IN5O3. The summed E-state index contributed by atoms with van der Waals surface area (Å²) in [5, 5.41) is 6.19. The number of halogens is 1. The maximum Gasteiger partial charge on any atom is 0.227 e. The number of hydrogen-bond acceptors (Lipinski definition) is 5. The molecule has 1 atom stereocenters. The third-order valence-electron chi connectivity index (χ3n) is 5.62. The maximum atomic E-state index is 12.2. The summed E-state index contributed by atoms with van der Waals surface area (Å²) in [7, 11) is 0. The van der Waals surface area contributed by atoms with E-state index in [1.54, 1.807) is 6.07 Å². The van der Waals surface area contributed by atoms with E-state index in [1.165, 1.54) is 12.8 Å². The van der Waals surface area contributed by atoms with E-state index in [0.717, 1.165) is 57.2 Å². The van der Waals surface area contributed by atoms with Gasteiger partial charge in [-0.25, -0.2) is 4.98 Å². The molecule has 2 saturated heterocycles. The lowest BCUT2D eigenvalue weighted by molar-refractivity contribution is -0.116. The number of hydrogen-bond donors (Lipinski definition) is 2. The van der Waals surface area contributed by atoms with Gasteiger partial charge >= 0.3 is 0 Å². The van der Waals surface area contributed by atoms with E-state index in [4.69, 9.17) is 9.47 Å². The number of carbonyl (C=O) groups excluding carboxylic acids is 1. The average molecular weight is 559 g/mol. The van der Waals surface area contributed by atoms with E-state index < -0.39 is 0 Å². The van der Waals surface area contributed by atoms with Gasteiger partial charge < -0.3 is 25.0 Å². The molecule has 0 radical (unpaired) electrons. The van der Waals surface area contributed by atoms with Crippen LogP contribution in [0.4, 0.5) is 5.82 Å². The topological polar surface area (TPSA) is 88.1 Å². The van der Waals surface area contributed by atoms with Crippen molar-refractivity contribution in [3.63, 3.8) is 0 Å². The second-order valence-electron chi connectivity index (χ2n) is 8.21. The standard InChI is InChI=1S/C23H37N5O3.HI/c1-3-24-23(25-13-10-22(29)27-21-9-6-7-18(2)26-21)28-14-11-19(12-15-28)31-17-20-8-4-5-16-30-20;/h6-7,9,19-20H,3-5,8,10-17H2,1-2H3,(H,24,25)(H,26,27,29);1H. The first-order valence-corrected chi connectivity index (χ1v) is 11.6. The monoisotopic (exact) mass is 559 g/mol. The molecule has 3 heterocycles. The Bertz CT molecular complexity index is 719. The number of amides is 1. The van der Waals surface area contributed by atoms with Gasteiger partial charge in [-0.1, -0.05) is 6.07 Å². The predicted octanol–water partition coefficient (Wildman–Crippen LogP) is 3.35. The molecule has 2 aliphatic rings. The molecule has 2 aliphatic heterocycles. The lowest BCUT2D eigenvalue weighted by atomic mass is 10.1. The normalized spacial score (nSPS) is 19.9. The highest BCUT2D eigenvalue weighted by Crippen LogP contribution is 2.18. The zero-order valence-corrected chi connectivity index (χ0v) is 21.7. The Labute approximate surface area is 208 Å². The SMILES string of the molecule is CCNC(=NCCC(=O)Nc1cccc(C)n1)N1CCC(OCC2CCCCO2)CC1.I. The molecule has 2 fully saturated rings. The first-order chi connectivity index (χ1) is 15.1. The van der Waals surface area contributed by atoms with Crippen molar-refractivity contribution in [1.29, 1.82) is 0 Å². The number of aryl methyl sites for hydroxylation is 1. The molecule has 0 aliphatic carbocycles. The number of guanidine groups is 1. The maximum absolute atomic E-state index is 12.2. The first kappa shape index (κ1) is 26.8. The van der Waals surface area contributed by atoms with E-state index in [0.29, 0.717) is 25.4 Å². The Kier molecular flexibility index (Phi) is 12.3. The molecule has 8 nitrogen and oxygen atoms in total. The zero-order chi connectivity index (χ0) is 21.9. The molecule has 1 aromatic heterocycles. The van der Waals surface area contributed by atoms with Crippen molar-refractivity contribution >= 4 is 41.7 Å². The number of ether oxygens (including phenoxy) is 2. The number of rotatable bonds is 8. The predicted molar refractivity (Wildman–Crippen MR) is 138 cm³/mol. The molecular weight excluding hydrogens is 521 g/mol. The number of nitrogens with one attached hydrogen (secondary N) is 2. The van der Waals surface area contributed by atoms with Crippen LogP contribution in [0.5, 0.6) is 0 Å². The summed E-state index contributed by atoms with van der Waals surface area (Å²) in [4.78, 5) is 23.4. The average Bonchev–Trinajstić information content (AvgIpc) is 2.78. The Balaban J connectivity index is 0.00000363. The fourth-order valence-corrected chi connectivity index (χ4v) is 3.92. The fraction of sp³-hybridized carbons (Fsp3) is 0.696. The molecule has 0 spiro atoms. The van der Waals surface area contributed by atoms with Crippen LogP contribution in [0, 0.1) is 6.92 Å². The van der Waals surface area contributed by atoms with Crippen LogP contribution in [0.15, 0.2) is 23.2 Å². The summed E-state index contributed by atoms with van der Waals surface area (Å²) in [5.74, 6) is 1.38. The van der Waals surface area contributed by atoms with E-state index in [1.807, 2.05) is 19.1 Å². The van der Waals surface area contributed by atoms with Crippen LogP contribution in [0.1, 0.15) is 51.1 Å². The van der Waals surface area contributed by atoms with Gasteiger partial charge in [0, 0.05) is 38.4 Å². The summed E-state index contributed by atoms with van der Waals surface area (Å²) in [6.45, 7) is 8.59. The smallest absolute Gasteiger partial charge is 0.227 e. The van der Waals surface area contributed by atoms with Gasteiger partial charge in [0.25, 0.3) is 0 Å². The number of aliphatic imine (C=N–C) groups is 1. The van der Waals surface area contributed by atoms with Crippen LogP contribution in [-0.2, 0) is 14.3 Å². The number of piperidine rings is 1. The minimum atomic E-state index is -0.0743. The summed E-state index contributed by atoms with van der Waals surface area (Å²) >= 11 is 0. The Hall–Kier alpha value is -1.46. The van der Waals surface area contributed by atoms with Crippen LogP contribution in [0.3, 0.4) is 0 Å². The van der Waals surface area contributed by atoms with Gasteiger partial charge in [0.05, 0.1) is 25.4 Å². The van der Waals surface area contributed by atoms with Crippen molar-refractivity contribution in [2.24, 2.45) is 4.99 Å². The van der Waals surface area contributed by atoms with Gasteiger partial charge in [-0.3, -0.25) is 9.79 Å². The number of pyridine rings is 1. The second-order valence-corrected chi connectivity index (χ2v) is 8.21. The van der Waals surface area contributed by atoms with Gasteiger partial charge in [0.1, 0.15) is 5.82 Å². The summed E-state index contributed by atoms with van der Waals surface area (Å²) in [6, 6.07) is 5.58. The van der Waals surface area contributed by atoms with E-state index >= 15 is 0 Å². The van der Waals surface area contributed by atoms with E-state index in [9.17, 15) is 4.79 Å². The molecule has 0 saturated carbocycles. The molecule has 1 amide bonds. The van der Waals surface area contributed by atoms with Crippen LogP contribution in [0.2, 0.25) is 0 Å². The van der Waals surface area contributed by atoms with Crippen LogP contribution in [0.25, 0.3) is 0 Å². The molecule has 1 aromatic rings. The van der Waals surface area contributed by atoms with Gasteiger partial charge in [-0.15, -0.1) is 24.0 Å². The van der Waals surface area contributed by atoms with Crippen molar-refractivity contribution in [1.82, 2.24) is 15.2 Å². The Morgan fingerprint density at radius 2 is 2.09 bits per heavy atom. The van der Waals surface area contributed by atoms with Crippen molar-refractivity contribution in [2.45, 2.75) is 64.6 Å². The Morgan fingerprint density at radius 1 is 1.28 bits per heavy atom. The molecule has 180 valence electrons. The fourth-order valence-electron chi connectivity index (χ4n) is 3.92. The summed E-state index contributed by atoms with van der Waals surface area (Å²) in [5.41, 5.74) is 0.879. The van der Waals surface area contributed by atoms with Gasteiger partial charge in [-0.05, 0) is 58.1 Å². The van der Waals surface area contributed by atoms with Crippen molar-refractivity contribution in [2.75, 3.05) is 44.7 Å². The quantitative estimate of drug-likeness (QED) is 0.289. The van der Waals surface area contributed by atoms with Crippen molar-refractivity contribution in [3.8, 4) is 0 Å².